The third-order valence-electron chi connectivity index (χ3n) is 9.19. The number of ether oxygens (including phenoxy) is 2. The van der Waals surface area contributed by atoms with E-state index in [2.05, 4.69) is 55.4 Å². The molecule has 164 valence electrons. The first-order chi connectivity index (χ1) is 12.9. The predicted molar refractivity (Wildman–Crippen MR) is 112 cm³/mol. The maximum Gasteiger partial charge on any atom is 0.312 e. The average molecular weight is 405 g/mol. The molecule has 0 N–H and O–H groups in total. The van der Waals surface area contributed by atoms with E-state index in [4.69, 9.17) is 9.47 Å². The number of carbonyl (C=O) groups excluding carboxylic acids is 2. The lowest BCUT2D eigenvalue weighted by atomic mass is 9.42. The summed E-state index contributed by atoms with van der Waals surface area (Å²) in [5, 5.41) is 0. The van der Waals surface area contributed by atoms with Gasteiger partial charge in [-0.2, -0.15) is 0 Å². The van der Waals surface area contributed by atoms with Gasteiger partial charge in [-0.3, -0.25) is 9.59 Å². The highest BCUT2D eigenvalue weighted by molar-refractivity contribution is 5.80. The number of carbonyl (C=O) groups is 2. The molecule has 3 saturated carbocycles. The van der Waals surface area contributed by atoms with E-state index in [1.54, 1.807) is 0 Å². The fourth-order valence-corrected chi connectivity index (χ4v) is 7.82. The molecule has 1 aliphatic heterocycles. The van der Waals surface area contributed by atoms with E-state index in [9.17, 15) is 9.59 Å². The normalized spacial score (nSPS) is 45.1. The Labute approximate surface area is 176 Å². The van der Waals surface area contributed by atoms with Gasteiger partial charge in [0.15, 0.2) is 0 Å². The molecule has 1 spiro atoms. The second kappa shape index (κ2) is 5.40. The monoisotopic (exact) mass is 404 g/mol. The van der Waals surface area contributed by atoms with Crippen LogP contribution < -0.4 is 0 Å². The van der Waals surface area contributed by atoms with Gasteiger partial charge in [-0.25, -0.2) is 0 Å². The van der Waals surface area contributed by atoms with Crippen molar-refractivity contribution < 1.29 is 19.1 Å². The van der Waals surface area contributed by atoms with Gasteiger partial charge in [0.1, 0.15) is 11.2 Å². The first-order valence-corrected chi connectivity index (χ1v) is 11.3. The summed E-state index contributed by atoms with van der Waals surface area (Å²) in [5.41, 5.74) is -1.74. The van der Waals surface area contributed by atoms with E-state index in [-0.39, 0.29) is 39.5 Å². The van der Waals surface area contributed by atoms with Crippen LogP contribution in [-0.2, 0) is 19.1 Å². The first kappa shape index (κ1) is 21.2. The quantitative estimate of drug-likeness (QED) is 0.569. The van der Waals surface area contributed by atoms with E-state index in [0.717, 1.165) is 32.1 Å². The van der Waals surface area contributed by atoms with Crippen LogP contribution in [0.5, 0.6) is 0 Å². The van der Waals surface area contributed by atoms with Gasteiger partial charge in [-0.1, -0.05) is 48.5 Å². The molecular weight excluding hydrogens is 364 g/mol. The van der Waals surface area contributed by atoms with Gasteiger partial charge in [0, 0.05) is 6.42 Å². The molecular formula is C25H40O4. The van der Waals surface area contributed by atoms with E-state index >= 15 is 0 Å². The van der Waals surface area contributed by atoms with Gasteiger partial charge in [0.2, 0.25) is 0 Å². The number of hydrogen-bond acceptors (Lipinski definition) is 4. The summed E-state index contributed by atoms with van der Waals surface area (Å²) < 4.78 is 12.5. The Hall–Kier alpha value is -1.06. The standard InChI is InChI=1S/C25H40O4/c1-19(2,3)11-23(9,20(4,5)6)18(27)29-24-12-21(7)10-16-17(26)28-22(8,13-24)14-25(16,21)15-24/h16H,10-15H2,1-9H3. The summed E-state index contributed by atoms with van der Waals surface area (Å²) in [7, 11) is 0. The molecule has 4 rings (SSSR count). The molecule has 6 atom stereocenters. The van der Waals surface area contributed by atoms with E-state index in [1.165, 1.54) is 0 Å². The van der Waals surface area contributed by atoms with Gasteiger partial charge in [-0.15, -0.1) is 0 Å². The van der Waals surface area contributed by atoms with Crippen LogP contribution in [0.1, 0.15) is 101 Å². The van der Waals surface area contributed by atoms with Crippen molar-refractivity contribution in [1.82, 2.24) is 0 Å². The molecule has 4 fully saturated rings. The van der Waals surface area contributed by atoms with E-state index in [1.807, 2.05) is 6.92 Å². The molecule has 4 nitrogen and oxygen atoms in total. The minimum atomic E-state index is -0.580. The molecule has 3 bridgehead atoms. The Morgan fingerprint density at radius 3 is 2.21 bits per heavy atom. The summed E-state index contributed by atoms with van der Waals surface area (Å²) in [6.45, 7) is 19.4. The lowest BCUT2D eigenvalue weighted by Crippen LogP contribution is -2.66. The van der Waals surface area contributed by atoms with Crippen LogP contribution in [0.4, 0.5) is 0 Å². The Kier molecular flexibility index (Phi) is 3.94. The third kappa shape index (κ3) is 2.76. The second-order valence-electron chi connectivity index (χ2n) is 13.9. The molecule has 0 amide bonds. The third-order valence-corrected chi connectivity index (χ3v) is 9.19. The highest BCUT2D eigenvalue weighted by atomic mass is 16.6. The van der Waals surface area contributed by atoms with Crippen LogP contribution in [0, 0.1) is 33.0 Å². The van der Waals surface area contributed by atoms with Crippen LogP contribution in [0.3, 0.4) is 0 Å². The maximum absolute atomic E-state index is 13.8. The van der Waals surface area contributed by atoms with Gasteiger partial charge in [0.05, 0.1) is 11.3 Å². The number of fused-ring (bicyclic) bond motifs is 2. The molecule has 0 aromatic rings. The Bertz CT molecular complexity index is 773. The van der Waals surface area contributed by atoms with Gasteiger partial charge in [-0.05, 0) is 67.6 Å². The van der Waals surface area contributed by atoms with E-state index in [0.29, 0.717) is 6.42 Å². The largest absolute Gasteiger partial charge is 0.459 e. The maximum atomic E-state index is 13.8. The van der Waals surface area contributed by atoms with Crippen LogP contribution in [0.2, 0.25) is 0 Å². The SMILES string of the molecule is CC(C)(C)CC(C)(C(=O)OC12CC3(C)CC4(C1)C(CC4(C)C2)C(=O)O3)C(C)(C)C. The summed E-state index contributed by atoms with van der Waals surface area (Å²) >= 11 is 0. The molecule has 0 radical (unpaired) electrons. The first-order valence-electron chi connectivity index (χ1n) is 11.3. The second-order valence-corrected chi connectivity index (χ2v) is 13.9. The van der Waals surface area contributed by atoms with Gasteiger partial charge < -0.3 is 9.47 Å². The smallest absolute Gasteiger partial charge is 0.312 e. The van der Waals surface area contributed by atoms with Gasteiger partial charge >= 0.3 is 11.9 Å². The predicted octanol–water partition coefficient (Wildman–Crippen LogP) is 5.67. The Morgan fingerprint density at radius 1 is 1.03 bits per heavy atom. The Morgan fingerprint density at radius 2 is 1.66 bits per heavy atom. The van der Waals surface area contributed by atoms with Crippen LogP contribution in [0.25, 0.3) is 0 Å². The van der Waals surface area contributed by atoms with Crippen molar-refractivity contribution in [2.45, 2.75) is 112 Å². The highest BCUT2D eigenvalue weighted by Gasteiger charge is 2.80. The lowest BCUT2D eigenvalue weighted by molar-refractivity contribution is -0.250. The zero-order valence-electron chi connectivity index (χ0n) is 20.0. The zero-order valence-corrected chi connectivity index (χ0v) is 20.0. The fourth-order valence-electron chi connectivity index (χ4n) is 7.82. The fraction of sp³-hybridized carbons (Fsp3) is 0.920. The summed E-state index contributed by atoms with van der Waals surface area (Å²) in [6.07, 6.45) is 4.90. The molecule has 6 unspecified atom stereocenters. The van der Waals surface area contributed by atoms with Gasteiger partial charge in [0.25, 0.3) is 0 Å². The lowest BCUT2D eigenvalue weighted by Gasteiger charge is -2.64. The van der Waals surface area contributed by atoms with Crippen molar-refractivity contribution in [2.75, 3.05) is 0 Å². The van der Waals surface area contributed by atoms with Crippen LogP contribution in [-0.4, -0.2) is 23.1 Å². The number of hydrogen-bond donors (Lipinski definition) is 0. The highest BCUT2D eigenvalue weighted by Crippen LogP contribution is 2.80. The molecule has 0 aromatic heterocycles. The minimum absolute atomic E-state index is 0.00923. The molecule has 1 saturated heterocycles. The topological polar surface area (TPSA) is 52.6 Å². The van der Waals surface area contributed by atoms with Crippen molar-refractivity contribution in [3.63, 3.8) is 0 Å². The van der Waals surface area contributed by atoms with Crippen molar-refractivity contribution in [3.8, 4) is 0 Å². The average Bonchev–Trinajstić information content (AvgIpc) is 2.61. The molecule has 29 heavy (non-hydrogen) atoms. The molecule has 0 aromatic carbocycles. The zero-order chi connectivity index (χ0) is 21.9. The number of esters is 2. The molecule has 4 aliphatic rings. The van der Waals surface area contributed by atoms with Crippen molar-refractivity contribution in [1.29, 1.82) is 0 Å². The minimum Gasteiger partial charge on any atom is -0.459 e. The van der Waals surface area contributed by atoms with Crippen LogP contribution >= 0.6 is 0 Å². The molecule has 4 heteroatoms. The van der Waals surface area contributed by atoms with Crippen molar-refractivity contribution >= 4 is 11.9 Å². The molecule has 1 heterocycles. The summed E-state index contributed by atoms with van der Waals surface area (Å²) in [4.78, 5) is 26.4. The van der Waals surface area contributed by atoms with Crippen molar-refractivity contribution in [3.05, 3.63) is 0 Å². The number of rotatable bonds is 3. The van der Waals surface area contributed by atoms with Crippen LogP contribution in [0.15, 0.2) is 0 Å². The summed E-state index contributed by atoms with van der Waals surface area (Å²) in [5.74, 6) is -0.108. The summed E-state index contributed by atoms with van der Waals surface area (Å²) in [6, 6.07) is 0. The van der Waals surface area contributed by atoms with E-state index < -0.39 is 16.6 Å². The Balaban J connectivity index is 1.68. The molecule has 3 aliphatic carbocycles. The van der Waals surface area contributed by atoms with Crippen molar-refractivity contribution in [2.24, 2.45) is 33.0 Å².